The zero-order valence-electron chi connectivity index (χ0n) is 10.4. The van der Waals surface area contributed by atoms with E-state index in [9.17, 15) is 0 Å². The SMILES string of the molecule is C=C(NC)/C(N)=C(C)\C(C)=C\C.CC. The van der Waals surface area contributed by atoms with Crippen LogP contribution < -0.4 is 11.1 Å². The summed E-state index contributed by atoms with van der Waals surface area (Å²) in [5, 5.41) is 2.92. The first-order chi connectivity index (χ1) is 6.54. The van der Waals surface area contributed by atoms with Crippen molar-refractivity contribution in [2.24, 2.45) is 5.73 Å². The van der Waals surface area contributed by atoms with Crippen LogP contribution in [0.5, 0.6) is 0 Å². The van der Waals surface area contributed by atoms with E-state index >= 15 is 0 Å². The molecule has 0 unspecified atom stereocenters. The molecule has 0 aromatic carbocycles. The predicted molar refractivity (Wildman–Crippen MR) is 65.9 cm³/mol. The smallest absolute Gasteiger partial charge is 0.0575 e. The normalized spacial score (nSPS) is 12.3. The highest BCUT2D eigenvalue weighted by molar-refractivity contribution is 5.38. The molecule has 2 heteroatoms. The van der Waals surface area contributed by atoms with Crippen molar-refractivity contribution in [2.45, 2.75) is 34.6 Å². The van der Waals surface area contributed by atoms with Crippen LogP contribution in [0.25, 0.3) is 0 Å². The Bertz CT molecular complexity index is 235. The van der Waals surface area contributed by atoms with E-state index in [0.717, 1.165) is 17.0 Å². The first-order valence-electron chi connectivity index (χ1n) is 5.01. The Morgan fingerprint density at radius 1 is 1.29 bits per heavy atom. The first-order valence-corrected chi connectivity index (χ1v) is 5.01. The maximum absolute atomic E-state index is 5.82. The van der Waals surface area contributed by atoms with Crippen LogP contribution in [0.15, 0.2) is 35.2 Å². The van der Waals surface area contributed by atoms with Gasteiger partial charge in [0.25, 0.3) is 0 Å². The van der Waals surface area contributed by atoms with Crippen LogP contribution in [-0.2, 0) is 0 Å². The van der Waals surface area contributed by atoms with Gasteiger partial charge in [-0.1, -0.05) is 32.1 Å². The lowest BCUT2D eigenvalue weighted by Crippen LogP contribution is -2.14. The fourth-order valence-electron chi connectivity index (χ4n) is 0.790. The minimum atomic E-state index is 0.730. The van der Waals surface area contributed by atoms with Crippen molar-refractivity contribution < 1.29 is 0 Å². The van der Waals surface area contributed by atoms with Crippen molar-refractivity contribution in [3.8, 4) is 0 Å². The van der Waals surface area contributed by atoms with Gasteiger partial charge in [-0.3, -0.25) is 0 Å². The molecule has 2 nitrogen and oxygen atoms in total. The Kier molecular flexibility index (Phi) is 9.20. The Balaban J connectivity index is 0. The molecule has 82 valence electrons. The van der Waals surface area contributed by atoms with Gasteiger partial charge in [0.05, 0.1) is 11.4 Å². The summed E-state index contributed by atoms with van der Waals surface area (Å²) in [5.41, 5.74) is 9.59. The third-order valence-electron chi connectivity index (χ3n) is 2.06. The third kappa shape index (κ3) is 4.75. The van der Waals surface area contributed by atoms with E-state index in [0.29, 0.717) is 0 Å². The summed E-state index contributed by atoms with van der Waals surface area (Å²) in [7, 11) is 1.81. The molecule has 0 spiro atoms. The lowest BCUT2D eigenvalue weighted by atomic mass is 10.1. The van der Waals surface area contributed by atoms with Crippen molar-refractivity contribution in [1.29, 1.82) is 0 Å². The standard InChI is InChI=1S/C10H18N2.C2H6/c1-6-7(2)8(3)10(11)9(4)12-5;1-2/h6,12H,4,11H2,1-3,5H3;1-2H3/b7-6+,10-8+;. The number of allylic oxidation sites excluding steroid dienone is 3. The minimum Gasteiger partial charge on any atom is -0.397 e. The molecule has 0 rings (SSSR count). The van der Waals surface area contributed by atoms with Crippen LogP contribution in [0.1, 0.15) is 34.6 Å². The number of nitrogens with one attached hydrogen (secondary N) is 1. The summed E-state index contributed by atoms with van der Waals surface area (Å²) in [4.78, 5) is 0. The van der Waals surface area contributed by atoms with Crippen LogP contribution in [0, 0.1) is 0 Å². The fraction of sp³-hybridized carbons (Fsp3) is 0.500. The molecule has 0 atom stereocenters. The highest BCUT2D eigenvalue weighted by Gasteiger charge is 2.01. The quantitative estimate of drug-likeness (QED) is 0.681. The third-order valence-corrected chi connectivity index (χ3v) is 2.06. The summed E-state index contributed by atoms with van der Waals surface area (Å²) in [6.45, 7) is 13.8. The van der Waals surface area contributed by atoms with Gasteiger partial charge in [-0.2, -0.15) is 0 Å². The van der Waals surface area contributed by atoms with Crippen molar-refractivity contribution in [3.05, 3.63) is 35.2 Å². The average Bonchev–Trinajstić information content (AvgIpc) is 2.27. The Morgan fingerprint density at radius 3 is 2.00 bits per heavy atom. The maximum Gasteiger partial charge on any atom is 0.0575 e. The van der Waals surface area contributed by atoms with E-state index in [-0.39, 0.29) is 0 Å². The number of nitrogens with two attached hydrogens (primary N) is 1. The lowest BCUT2D eigenvalue weighted by Gasteiger charge is -2.09. The maximum atomic E-state index is 5.82. The minimum absolute atomic E-state index is 0.730. The molecule has 0 aromatic rings. The Morgan fingerprint density at radius 2 is 1.71 bits per heavy atom. The largest absolute Gasteiger partial charge is 0.397 e. The summed E-state index contributed by atoms with van der Waals surface area (Å²) >= 11 is 0. The van der Waals surface area contributed by atoms with Crippen LogP contribution in [0.2, 0.25) is 0 Å². The molecule has 0 saturated carbocycles. The van der Waals surface area contributed by atoms with Gasteiger partial charge in [0.2, 0.25) is 0 Å². The van der Waals surface area contributed by atoms with Crippen molar-refractivity contribution in [1.82, 2.24) is 5.32 Å². The summed E-state index contributed by atoms with van der Waals surface area (Å²) < 4.78 is 0. The first kappa shape index (κ1) is 15.3. The number of hydrogen-bond acceptors (Lipinski definition) is 2. The zero-order chi connectivity index (χ0) is 11.7. The Hall–Kier alpha value is -1.18. The number of hydrogen-bond donors (Lipinski definition) is 2. The van der Waals surface area contributed by atoms with Gasteiger partial charge in [-0.15, -0.1) is 0 Å². The van der Waals surface area contributed by atoms with Gasteiger partial charge in [-0.25, -0.2) is 0 Å². The van der Waals surface area contributed by atoms with Gasteiger partial charge in [0.1, 0.15) is 0 Å². The molecule has 3 N–H and O–H groups in total. The van der Waals surface area contributed by atoms with E-state index in [1.165, 1.54) is 5.57 Å². The van der Waals surface area contributed by atoms with Gasteiger partial charge in [-0.05, 0) is 26.3 Å². The molecule has 0 aromatic heterocycles. The molecule has 0 aliphatic rings. The fourth-order valence-corrected chi connectivity index (χ4v) is 0.790. The van der Waals surface area contributed by atoms with Crippen LogP contribution >= 0.6 is 0 Å². The topological polar surface area (TPSA) is 38.0 Å². The second-order valence-corrected chi connectivity index (χ2v) is 2.74. The van der Waals surface area contributed by atoms with E-state index in [1.54, 1.807) is 0 Å². The van der Waals surface area contributed by atoms with E-state index < -0.39 is 0 Å². The van der Waals surface area contributed by atoms with Gasteiger partial charge >= 0.3 is 0 Å². The highest BCUT2D eigenvalue weighted by atomic mass is 14.9. The van der Waals surface area contributed by atoms with Crippen LogP contribution in [0.3, 0.4) is 0 Å². The Labute approximate surface area is 88.6 Å². The molecule has 0 heterocycles. The zero-order valence-corrected chi connectivity index (χ0v) is 10.4. The molecule has 0 fully saturated rings. The molecule has 0 aliphatic carbocycles. The lowest BCUT2D eigenvalue weighted by molar-refractivity contribution is 0.982. The average molecular weight is 196 g/mol. The number of rotatable bonds is 3. The molecule has 0 aliphatic heterocycles. The second-order valence-electron chi connectivity index (χ2n) is 2.74. The van der Waals surface area contributed by atoms with E-state index in [1.807, 2.05) is 47.7 Å². The molecule has 0 amide bonds. The van der Waals surface area contributed by atoms with Gasteiger partial charge < -0.3 is 11.1 Å². The van der Waals surface area contributed by atoms with Crippen molar-refractivity contribution in [3.63, 3.8) is 0 Å². The van der Waals surface area contributed by atoms with Crippen LogP contribution in [-0.4, -0.2) is 7.05 Å². The van der Waals surface area contributed by atoms with Crippen molar-refractivity contribution >= 4 is 0 Å². The van der Waals surface area contributed by atoms with E-state index in [4.69, 9.17) is 5.73 Å². The second kappa shape index (κ2) is 8.42. The summed E-state index contributed by atoms with van der Waals surface area (Å²) in [5.74, 6) is 0. The van der Waals surface area contributed by atoms with Gasteiger partial charge in [0, 0.05) is 7.05 Å². The molecular weight excluding hydrogens is 172 g/mol. The van der Waals surface area contributed by atoms with E-state index in [2.05, 4.69) is 11.9 Å². The molecular formula is C12H24N2. The molecule has 14 heavy (non-hydrogen) atoms. The summed E-state index contributed by atoms with van der Waals surface area (Å²) in [6, 6.07) is 0. The monoisotopic (exact) mass is 196 g/mol. The molecule has 0 saturated heterocycles. The number of likely N-dealkylation sites (N-methyl/N-ethyl adjacent to an activating group) is 1. The molecule has 0 radical (unpaired) electrons. The summed E-state index contributed by atoms with van der Waals surface area (Å²) in [6.07, 6.45) is 2.03. The van der Waals surface area contributed by atoms with Gasteiger partial charge in [0.15, 0.2) is 0 Å². The van der Waals surface area contributed by atoms with Crippen LogP contribution in [0.4, 0.5) is 0 Å². The highest BCUT2D eigenvalue weighted by Crippen LogP contribution is 2.13. The van der Waals surface area contributed by atoms with Crippen molar-refractivity contribution in [2.75, 3.05) is 7.05 Å². The predicted octanol–water partition coefficient (Wildman–Crippen LogP) is 2.94. The molecule has 0 bridgehead atoms.